The van der Waals surface area contributed by atoms with Gasteiger partial charge < -0.3 is 5.32 Å². The second-order valence-corrected chi connectivity index (χ2v) is 6.88. The van der Waals surface area contributed by atoms with Crippen molar-refractivity contribution >= 4 is 11.5 Å². The Balaban J connectivity index is 1.90. The molecule has 2 aromatic heterocycles. The number of aryl methyl sites for hydroxylation is 1. The zero-order valence-electron chi connectivity index (χ0n) is 15.9. The molecule has 0 radical (unpaired) electrons. The summed E-state index contributed by atoms with van der Waals surface area (Å²) in [6, 6.07) is 19.7. The second kappa shape index (κ2) is 7.24. The molecule has 0 bridgehead atoms. The Morgan fingerprint density at radius 3 is 2.21 bits per heavy atom. The van der Waals surface area contributed by atoms with Crippen LogP contribution in [0.5, 0.6) is 0 Å². The van der Waals surface area contributed by atoms with Crippen LogP contribution in [0.25, 0.3) is 16.8 Å². The molecule has 148 valence electrons. The van der Waals surface area contributed by atoms with E-state index < -0.39 is 11.9 Å². The summed E-state index contributed by atoms with van der Waals surface area (Å²) in [5.74, 6) is 0.455. The summed E-state index contributed by atoms with van der Waals surface area (Å²) in [6.07, 6.45) is -4.60. The molecular formula is C22H19F3N4. The predicted molar refractivity (Wildman–Crippen MR) is 107 cm³/mol. The maximum Gasteiger partial charge on any atom is 0.435 e. The van der Waals surface area contributed by atoms with Crippen LogP contribution in [0.1, 0.15) is 29.9 Å². The number of aromatic nitrogens is 3. The Bertz CT molecular complexity index is 1140. The fraction of sp³-hybridized carbons (Fsp3) is 0.182. The number of anilines is 1. The Kier molecular flexibility index (Phi) is 4.74. The average Bonchev–Trinajstić information content (AvgIpc) is 3.09. The van der Waals surface area contributed by atoms with Crippen molar-refractivity contribution in [2.24, 2.45) is 0 Å². The van der Waals surface area contributed by atoms with Gasteiger partial charge in [-0.05, 0) is 25.0 Å². The molecule has 1 atom stereocenters. The molecule has 2 aromatic carbocycles. The van der Waals surface area contributed by atoms with Gasteiger partial charge in [-0.15, -0.1) is 0 Å². The van der Waals surface area contributed by atoms with Gasteiger partial charge in [0.05, 0.1) is 5.56 Å². The number of benzene rings is 2. The van der Waals surface area contributed by atoms with Crippen LogP contribution in [-0.4, -0.2) is 14.6 Å². The van der Waals surface area contributed by atoms with E-state index in [4.69, 9.17) is 0 Å². The minimum atomic E-state index is -4.60. The summed E-state index contributed by atoms with van der Waals surface area (Å²) < 4.78 is 42.7. The van der Waals surface area contributed by atoms with Crippen LogP contribution >= 0.6 is 0 Å². The lowest BCUT2D eigenvalue weighted by molar-refractivity contribution is -0.140. The van der Waals surface area contributed by atoms with Gasteiger partial charge in [0.15, 0.2) is 11.3 Å². The van der Waals surface area contributed by atoms with Crippen LogP contribution in [0.15, 0.2) is 66.7 Å². The minimum Gasteiger partial charge on any atom is -0.363 e. The Morgan fingerprint density at radius 2 is 1.59 bits per heavy atom. The molecule has 0 aliphatic rings. The summed E-state index contributed by atoms with van der Waals surface area (Å²) >= 11 is 0. The van der Waals surface area contributed by atoms with E-state index in [1.807, 2.05) is 37.3 Å². The molecule has 7 heteroatoms. The smallest absolute Gasteiger partial charge is 0.363 e. The van der Waals surface area contributed by atoms with Crippen molar-refractivity contribution in [1.82, 2.24) is 14.6 Å². The lowest BCUT2D eigenvalue weighted by Crippen LogP contribution is -2.12. The quantitative estimate of drug-likeness (QED) is 0.467. The third-order valence-corrected chi connectivity index (χ3v) is 4.71. The molecule has 1 N–H and O–H groups in total. The van der Waals surface area contributed by atoms with E-state index in [1.54, 1.807) is 43.3 Å². The highest BCUT2D eigenvalue weighted by Crippen LogP contribution is 2.39. The van der Waals surface area contributed by atoms with Crippen LogP contribution in [0.2, 0.25) is 0 Å². The zero-order chi connectivity index (χ0) is 20.6. The first-order valence-corrected chi connectivity index (χ1v) is 9.19. The van der Waals surface area contributed by atoms with Crippen molar-refractivity contribution in [1.29, 1.82) is 0 Å². The van der Waals surface area contributed by atoms with E-state index in [9.17, 15) is 13.2 Å². The molecule has 0 aliphatic heterocycles. The summed E-state index contributed by atoms with van der Waals surface area (Å²) in [6.45, 7) is 3.70. The highest BCUT2D eigenvalue weighted by Gasteiger charge is 2.39. The maximum absolute atomic E-state index is 13.8. The number of nitrogens with zero attached hydrogens (tertiary/aromatic N) is 3. The van der Waals surface area contributed by atoms with Gasteiger partial charge in [-0.1, -0.05) is 60.7 Å². The monoisotopic (exact) mass is 396 g/mol. The standard InChI is InChI=1S/C22H19F3N4/c1-14-13-18(27-15(2)16-9-5-3-6-10-16)29-21(26-14)19(17-11-7-4-8-12-17)20(28-29)22(23,24)25/h3-13,15,27H,1-2H3/t15-/m1/s1. The highest BCUT2D eigenvalue weighted by molar-refractivity contribution is 5.81. The first kappa shape index (κ1) is 19.0. The number of hydrogen-bond donors (Lipinski definition) is 1. The lowest BCUT2D eigenvalue weighted by Gasteiger charge is -2.17. The van der Waals surface area contributed by atoms with E-state index in [0.717, 1.165) is 5.56 Å². The molecule has 0 saturated heterocycles. The van der Waals surface area contributed by atoms with E-state index in [0.29, 0.717) is 17.1 Å². The number of hydrogen-bond acceptors (Lipinski definition) is 3. The van der Waals surface area contributed by atoms with Gasteiger partial charge in [0.1, 0.15) is 5.82 Å². The SMILES string of the molecule is Cc1cc(N[C@H](C)c2ccccc2)n2nc(C(F)(F)F)c(-c3ccccc3)c2n1. The number of fused-ring (bicyclic) bond motifs is 1. The van der Waals surface area contributed by atoms with Crippen molar-refractivity contribution < 1.29 is 13.2 Å². The molecule has 4 rings (SSSR count). The molecule has 2 heterocycles. The van der Waals surface area contributed by atoms with Crippen molar-refractivity contribution in [3.8, 4) is 11.1 Å². The summed E-state index contributed by atoms with van der Waals surface area (Å²) in [7, 11) is 0. The molecule has 0 amide bonds. The number of rotatable bonds is 4. The lowest BCUT2D eigenvalue weighted by atomic mass is 10.1. The second-order valence-electron chi connectivity index (χ2n) is 6.88. The van der Waals surface area contributed by atoms with Crippen LogP contribution in [0.4, 0.5) is 19.0 Å². The van der Waals surface area contributed by atoms with Crippen molar-refractivity contribution in [3.63, 3.8) is 0 Å². The fourth-order valence-electron chi connectivity index (χ4n) is 3.36. The van der Waals surface area contributed by atoms with E-state index in [1.165, 1.54) is 4.52 Å². The van der Waals surface area contributed by atoms with Gasteiger partial charge >= 0.3 is 6.18 Å². The van der Waals surface area contributed by atoms with Crippen LogP contribution in [0, 0.1) is 6.92 Å². The predicted octanol–water partition coefficient (Wildman–Crippen LogP) is 5.90. The molecule has 0 aliphatic carbocycles. The summed E-state index contributed by atoms with van der Waals surface area (Å²) in [5, 5.41) is 7.19. The number of halogens is 3. The summed E-state index contributed by atoms with van der Waals surface area (Å²) in [5.41, 5.74) is 1.25. The van der Waals surface area contributed by atoms with Crippen LogP contribution in [-0.2, 0) is 6.18 Å². The maximum atomic E-state index is 13.8. The van der Waals surface area contributed by atoms with E-state index >= 15 is 0 Å². The Labute approximate surface area is 166 Å². The Morgan fingerprint density at radius 1 is 0.966 bits per heavy atom. The molecular weight excluding hydrogens is 377 g/mol. The zero-order valence-corrected chi connectivity index (χ0v) is 15.9. The van der Waals surface area contributed by atoms with Gasteiger partial charge in [-0.3, -0.25) is 0 Å². The molecule has 0 fully saturated rings. The first-order chi connectivity index (χ1) is 13.8. The van der Waals surface area contributed by atoms with Gasteiger partial charge in [0, 0.05) is 17.8 Å². The topological polar surface area (TPSA) is 42.2 Å². The summed E-state index contributed by atoms with van der Waals surface area (Å²) in [4.78, 5) is 4.39. The van der Waals surface area contributed by atoms with Crippen molar-refractivity contribution in [3.05, 3.63) is 83.7 Å². The largest absolute Gasteiger partial charge is 0.435 e. The molecule has 0 unspecified atom stereocenters. The normalized spacial score (nSPS) is 12.9. The number of alkyl halides is 3. The van der Waals surface area contributed by atoms with E-state index in [2.05, 4.69) is 15.4 Å². The number of nitrogens with one attached hydrogen (secondary N) is 1. The van der Waals surface area contributed by atoms with Crippen LogP contribution in [0.3, 0.4) is 0 Å². The van der Waals surface area contributed by atoms with E-state index in [-0.39, 0.29) is 17.3 Å². The van der Waals surface area contributed by atoms with Crippen molar-refractivity contribution in [2.45, 2.75) is 26.1 Å². The molecule has 0 saturated carbocycles. The van der Waals surface area contributed by atoms with Crippen LogP contribution < -0.4 is 5.32 Å². The third-order valence-electron chi connectivity index (χ3n) is 4.71. The molecule has 4 nitrogen and oxygen atoms in total. The average molecular weight is 396 g/mol. The Hall–Kier alpha value is -3.35. The highest BCUT2D eigenvalue weighted by atomic mass is 19.4. The van der Waals surface area contributed by atoms with Crippen molar-refractivity contribution in [2.75, 3.05) is 5.32 Å². The third kappa shape index (κ3) is 3.68. The fourth-order valence-corrected chi connectivity index (χ4v) is 3.36. The minimum absolute atomic E-state index is 0.0165. The molecule has 0 spiro atoms. The first-order valence-electron chi connectivity index (χ1n) is 9.19. The van der Waals surface area contributed by atoms with Gasteiger partial charge in [-0.25, -0.2) is 4.98 Å². The van der Waals surface area contributed by atoms with Gasteiger partial charge in [0.2, 0.25) is 0 Å². The molecule has 29 heavy (non-hydrogen) atoms. The van der Waals surface area contributed by atoms with Gasteiger partial charge in [-0.2, -0.15) is 22.8 Å². The van der Waals surface area contributed by atoms with Gasteiger partial charge in [0.25, 0.3) is 0 Å². The molecule has 4 aromatic rings.